The predicted molar refractivity (Wildman–Crippen MR) is 156 cm³/mol. The van der Waals surface area contributed by atoms with E-state index >= 15 is 0 Å². The number of nitrogens with zero attached hydrogens (tertiary/aromatic N) is 3. The molecule has 0 aliphatic heterocycles. The first kappa shape index (κ1) is 22.0. The van der Waals surface area contributed by atoms with Crippen LogP contribution in [0, 0.1) is 0 Å². The molecule has 39 heavy (non-hydrogen) atoms. The SMILES string of the molecule is Clc1ccc(-c2nc(-c3ccc4oc5ccccc5c4c3)nc(-c3ccc4oc5ccccc5c4c3)n2)cc1. The molecular weight excluding hydrogens is 506 g/mol. The molecule has 5 aromatic carbocycles. The van der Waals surface area contributed by atoms with Crippen LogP contribution in [0.5, 0.6) is 0 Å². The van der Waals surface area contributed by atoms with Gasteiger partial charge in [0.1, 0.15) is 22.3 Å². The highest BCUT2D eigenvalue weighted by Crippen LogP contribution is 2.34. The van der Waals surface area contributed by atoms with E-state index in [4.69, 9.17) is 35.4 Å². The fraction of sp³-hybridized carbons (Fsp3) is 0. The third-order valence-electron chi connectivity index (χ3n) is 7.01. The summed E-state index contributed by atoms with van der Waals surface area (Å²) in [6.45, 7) is 0. The maximum absolute atomic E-state index is 6.17. The Kier molecular flexibility index (Phi) is 4.81. The number of hydrogen-bond donors (Lipinski definition) is 0. The van der Waals surface area contributed by atoms with Crippen molar-refractivity contribution in [3.8, 4) is 34.2 Å². The number of halogens is 1. The third-order valence-corrected chi connectivity index (χ3v) is 7.26. The van der Waals surface area contributed by atoms with E-state index in [1.807, 2.05) is 84.9 Å². The molecule has 5 nitrogen and oxygen atoms in total. The van der Waals surface area contributed by atoms with Gasteiger partial charge in [0.15, 0.2) is 17.5 Å². The van der Waals surface area contributed by atoms with E-state index in [-0.39, 0.29) is 0 Å². The van der Waals surface area contributed by atoms with Crippen molar-refractivity contribution in [2.45, 2.75) is 0 Å². The Morgan fingerprint density at radius 3 is 1.33 bits per heavy atom. The normalized spacial score (nSPS) is 11.7. The molecule has 6 heteroatoms. The fourth-order valence-corrected chi connectivity index (χ4v) is 5.22. The molecule has 8 aromatic rings. The molecule has 3 heterocycles. The van der Waals surface area contributed by atoms with Crippen molar-refractivity contribution in [1.82, 2.24) is 15.0 Å². The number of hydrogen-bond acceptors (Lipinski definition) is 5. The Morgan fingerprint density at radius 2 is 0.821 bits per heavy atom. The molecule has 0 aliphatic rings. The van der Waals surface area contributed by atoms with Crippen molar-refractivity contribution in [3.05, 3.63) is 114 Å². The van der Waals surface area contributed by atoms with E-state index < -0.39 is 0 Å². The summed E-state index contributed by atoms with van der Waals surface area (Å²) in [4.78, 5) is 14.7. The van der Waals surface area contributed by atoms with Gasteiger partial charge < -0.3 is 8.83 Å². The Hall–Kier alpha value is -5.00. The van der Waals surface area contributed by atoms with Crippen molar-refractivity contribution >= 4 is 55.5 Å². The molecule has 0 bridgehead atoms. The van der Waals surface area contributed by atoms with Gasteiger partial charge in [-0.05, 0) is 72.8 Å². The largest absolute Gasteiger partial charge is 0.456 e. The van der Waals surface area contributed by atoms with Crippen LogP contribution in [-0.4, -0.2) is 15.0 Å². The highest BCUT2D eigenvalue weighted by atomic mass is 35.5. The van der Waals surface area contributed by atoms with Crippen LogP contribution in [0.1, 0.15) is 0 Å². The number of benzene rings is 5. The first-order valence-electron chi connectivity index (χ1n) is 12.5. The van der Waals surface area contributed by atoms with Crippen molar-refractivity contribution in [1.29, 1.82) is 0 Å². The molecule has 8 rings (SSSR count). The second-order valence-corrected chi connectivity index (χ2v) is 9.87. The van der Waals surface area contributed by atoms with E-state index in [2.05, 4.69) is 24.3 Å². The standard InChI is InChI=1S/C33H18ClN3O2/c34-22-13-9-19(10-14-22)31-35-32(20-11-15-29-25(17-20)23-5-1-3-7-27(23)38-29)37-33(36-31)21-12-16-30-26(18-21)24-6-2-4-8-28(24)39-30/h1-18H. The van der Waals surface area contributed by atoms with Crippen molar-refractivity contribution in [2.24, 2.45) is 0 Å². The molecule has 0 spiro atoms. The van der Waals surface area contributed by atoms with Gasteiger partial charge in [0.25, 0.3) is 0 Å². The predicted octanol–water partition coefficient (Wildman–Crippen LogP) is 9.32. The number of furan rings is 2. The van der Waals surface area contributed by atoms with Crippen molar-refractivity contribution in [2.75, 3.05) is 0 Å². The summed E-state index contributed by atoms with van der Waals surface area (Å²) in [7, 11) is 0. The fourth-order valence-electron chi connectivity index (χ4n) is 5.09. The molecular formula is C33H18ClN3O2. The minimum Gasteiger partial charge on any atom is -0.456 e. The lowest BCUT2D eigenvalue weighted by Crippen LogP contribution is -2.00. The Morgan fingerprint density at radius 1 is 0.410 bits per heavy atom. The Balaban J connectivity index is 1.35. The van der Waals surface area contributed by atoms with Crippen LogP contribution in [0.2, 0.25) is 5.02 Å². The van der Waals surface area contributed by atoms with Crippen LogP contribution in [0.15, 0.2) is 118 Å². The number of fused-ring (bicyclic) bond motifs is 6. The molecule has 0 saturated heterocycles. The summed E-state index contributed by atoms with van der Waals surface area (Å²) in [5.41, 5.74) is 5.96. The summed E-state index contributed by atoms with van der Waals surface area (Å²) < 4.78 is 12.1. The van der Waals surface area contributed by atoms with Crippen LogP contribution in [0.25, 0.3) is 78.0 Å². The number of aromatic nitrogens is 3. The number of para-hydroxylation sites is 2. The summed E-state index contributed by atoms with van der Waals surface area (Å²) in [5.74, 6) is 1.73. The molecule has 0 aliphatic carbocycles. The summed E-state index contributed by atoms with van der Waals surface area (Å²) in [6.07, 6.45) is 0. The minimum absolute atomic E-state index is 0.570. The Bertz CT molecular complexity index is 2060. The maximum atomic E-state index is 6.17. The number of rotatable bonds is 3. The molecule has 0 fully saturated rings. The zero-order chi connectivity index (χ0) is 25.9. The van der Waals surface area contributed by atoms with E-state index in [1.54, 1.807) is 0 Å². The van der Waals surface area contributed by atoms with Gasteiger partial charge in [-0.25, -0.2) is 15.0 Å². The third kappa shape index (κ3) is 3.67. The average molecular weight is 524 g/mol. The van der Waals surface area contributed by atoms with Gasteiger partial charge in [-0.1, -0.05) is 48.0 Å². The van der Waals surface area contributed by atoms with Crippen LogP contribution >= 0.6 is 11.6 Å². The summed E-state index contributed by atoms with van der Waals surface area (Å²) in [6, 6.07) is 35.7. The smallest absolute Gasteiger partial charge is 0.164 e. The molecule has 184 valence electrons. The molecule has 0 radical (unpaired) electrons. The molecule has 0 N–H and O–H groups in total. The molecule has 0 atom stereocenters. The lowest BCUT2D eigenvalue weighted by Gasteiger charge is -2.09. The molecule has 3 aromatic heterocycles. The monoisotopic (exact) mass is 523 g/mol. The van der Waals surface area contributed by atoms with Crippen LogP contribution in [0.3, 0.4) is 0 Å². The van der Waals surface area contributed by atoms with E-state index in [9.17, 15) is 0 Å². The zero-order valence-corrected chi connectivity index (χ0v) is 21.2. The Labute approximate surface area is 227 Å². The van der Waals surface area contributed by atoms with Gasteiger partial charge in [0, 0.05) is 43.3 Å². The highest BCUT2D eigenvalue weighted by molar-refractivity contribution is 6.30. The lowest BCUT2D eigenvalue weighted by atomic mass is 10.1. The van der Waals surface area contributed by atoms with E-state index in [0.717, 1.165) is 60.6 Å². The van der Waals surface area contributed by atoms with Gasteiger partial charge in [0.2, 0.25) is 0 Å². The van der Waals surface area contributed by atoms with E-state index in [1.165, 1.54) is 0 Å². The lowest BCUT2D eigenvalue weighted by molar-refractivity contribution is 0.668. The average Bonchev–Trinajstić information content (AvgIpc) is 3.55. The van der Waals surface area contributed by atoms with Gasteiger partial charge in [0.05, 0.1) is 0 Å². The van der Waals surface area contributed by atoms with Crippen molar-refractivity contribution < 1.29 is 8.83 Å². The minimum atomic E-state index is 0.570. The highest BCUT2D eigenvalue weighted by Gasteiger charge is 2.16. The van der Waals surface area contributed by atoms with Crippen LogP contribution in [-0.2, 0) is 0 Å². The molecule has 0 unspecified atom stereocenters. The van der Waals surface area contributed by atoms with Gasteiger partial charge in [-0.15, -0.1) is 0 Å². The van der Waals surface area contributed by atoms with Gasteiger partial charge >= 0.3 is 0 Å². The van der Waals surface area contributed by atoms with Crippen LogP contribution < -0.4 is 0 Å². The topological polar surface area (TPSA) is 65.0 Å². The van der Waals surface area contributed by atoms with Crippen molar-refractivity contribution in [3.63, 3.8) is 0 Å². The second-order valence-electron chi connectivity index (χ2n) is 9.43. The second kappa shape index (κ2) is 8.51. The van der Waals surface area contributed by atoms with Crippen LogP contribution in [0.4, 0.5) is 0 Å². The summed E-state index contributed by atoms with van der Waals surface area (Å²) >= 11 is 6.17. The van der Waals surface area contributed by atoms with Gasteiger partial charge in [-0.2, -0.15) is 0 Å². The summed E-state index contributed by atoms with van der Waals surface area (Å²) in [5, 5.41) is 4.80. The quantitative estimate of drug-likeness (QED) is 0.231. The van der Waals surface area contributed by atoms with Gasteiger partial charge in [-0.3, -0.25) is 0 Å². The molecule has 0 saturated carbocycles. The first-order chi connectivity index (χ1) is 19.2. The first-order valence-corrected chi connectivity index (χ1v) is 12.9. The maximum Gasteiger partial charge on any atom is 0.164 e. The van der Waals surface area contributed by atoms with E-state index in [0.29, 0.717) is 22.5 Å². The zero-order valence-electron chi connectivity index (χ0n) is 20.4. The molecule has 0 amide bonds.